The molecule has 4 nitrogen and oxygen atoms in total. The van der Waals surface area contributed by atoms with Gasteiger partial charge in [-0.05, 0) is 52.2 Å². The molecular formula is C20H43NO3. The molecule has 24 heavy (non-hydrogen) atoms. The van der Waals surface area contributed by atoms with Crippen molar-refractivity contribution in [3.05, 3.63) is 24.5 Å². The maximum Gasteiger partial charge on any atom is 0.0671 e. The van der Waals surface area contributed by atoms with Crippen LogP contribution in [0.1, 0.15) is 60.8 Å². The molecule has 0 aromatic carbocycles. The van der Waals surface area contributed by atoms with E-state index in [-0.39, 0.29) is 11.2 Å². The highest BCUT2D eigenvalue weighted by Gasteiger charge is 2.21. The minimum atomic E-state index is 0.0417. The van der Waals surface area contributed by atoms with E-state index >= 15 is 0 Å². The van der Waals surface area contributed by atoms with Gasteiger partial charge in [0.25, 0.3) is 0 Å². The summed E-state index contributed by atoms with van der Waals surface area (Å²) in [5.74, 6) is 0. The van der Waals surface area contributed by atoms with Gasteiger partial charge in [0, 0.05) is 47.9 Å². The molecule has 1 aromatic heterocycles. The molecule has 146 valence electrons. The van der Waals surface area contributed by atoms with Crippen LogP contribution >= 0.6 is 0 Å². The number of methoxy groups -OCH3 is 3. The van der Waals surface area contributed by atoms with Gasteiger partial charge in [0.2, 0.25) is 0 Å². The first-order valence-electron chi connectivity index (χ1n) is 8.69. The Bertz CT molecular complexity index is 308. The zero-order valence-electron chi connectivity index (χ0n) is 18.1. The van der Waals surface area contributed by atoms with E-state index in [4.69, 9.17) is 9.47 Å². The lowest BCUT2D eigenvalue weighted by atomic mass is 9.94. The van der Waals surface area contributed by atoms with Crippen molar-refractivity contribution in [3.8, 4) is 0 Å². The van der Waals surface area contributed by atoms with Crippen molar-refractivity contribution in [2.75, 3.05) is 28.4 Å². The summed E-state index contributed by atoms with van der Waals surface area (Å²) in [6.07, 6.45) is 7.36. The van der Waals surface area contributed by atoms with Crippen molar-refractivity contribution in [2.24, 2.45) is 7.05 Å². The van der Waals surface area contributed by atoms with Crippen LogP contribution in [0.5, 0.6) is 0 Å². The number of ether oxygens (including phenoxy) is 3. The average molecular weight is 346 g/mol. The van der Waals surface area contributed by atoms with Crippen LogP contribution in [0.2, 0.25) is 0 Å². The molecule has 0 amide bonds. The van der Waals surface area contributed by atoms with Crippen LogP contribution in [0, 0.1) is 0 Å². The minimum Gasteiger partial charge on any atom is -0.388 e. The van der Waals surface area contributed by atoms with Crippen molar-refractivity contribution in [1.29, 1.82) is 0 Å². The van der Waals surface area contributed by atoms with E-state index in [1.807, 2.05) is 56.9 Å². The molecule has 0 aliphatic carbocycles. The smallest absolute Gasteiger partial charge is 0.0671 e. The van der Waals surface area contributed by atoms with E-state index in [0.29, 0.717) is 0 Å². The Morgan fingerprint density at radius 3 is 1.08 bits per heavy atom. The number of aromatic nitrogens is 1. The lowest BCUT2D eigenvalue weighted by molar-refractivity contribution is -0.0197. The Morgan fingerprint density at radius 2 is 1.04 bits per heavy atom. The predicted octanol–water partition coefficient (Wildman–Crippen LogP) is 5.32. The Balaban J connectivity index is -0.000000260. The summed E-state index contributed by atoms with van der Waals surface area (Å²) in [6, 6.07) is 4.00. The van der Waals surface area contributed by atoms with Gasteiger partial charge < -0.3 is 18.8 Å². The molecule has 0 aliphatic rings. The lowest BCUT2D eigenvalue weighted by Crippen LogP contribution is -2.28. The second kappa shape index (κ2) is 17.0. The SMILES string of the molecule is CCC(CC)(CC)OC.COC.COC(C)(C)C.Cn1cccc1. The second-order valence-corrected chi connectivity index (χ2v) is 6.52. The van der Waals surface area contributed by atoms with Gasteiger partial charge >= 0.3 is 0 Å². The Hall–Kier alpha value is -0.840. The Labute approximate surface area is 151 Å². The lowest BCUT2D eigenvalue weighted by Gasteiger charge is -2.28. The van der Waals surface area contributed by atoms with E-state index in [1.165, 1.54) is 0 Å². The quantitative estimate of drug-likeness (QED) is 0.740. The van der Waals surface area contributed by atoms with Gasteiger partial charge in [0.1, 0.15) is 0 Å². The van der Waals surface area contributed by atoms with E-state index < -0.39 is 0 Å². The van der Waals surface area contributed by atoms with E-state index in [9.17, 15) is 0 Å². The fourth-order valence-electron chi connectivity index (χ4n) is 1.60. The van der Waals surface area contributed by atoms with Gasteiger partial charge in [-0.3, -0.25) is 0 Å². The molecule has 0 bridgehead atoms. The van der Waals surface area contributed by atoms with Gasteiger partial charge in [-0.15, -0.1) is 0 Å². The molecule has 0 aliphatic heterocycles. The van der Waals surface area contributed by atoms with Crippen LogP contribution in [-0.2, 0) is 21.3 Å². The van der Waals surface area contributed by atoms with Crippen LogP contribution in [0.15, 0.2) is 24.5 Å². The van der Waals surface area contributed by atoms with Crippen molar-refractivity contribution in [1.82, 2.24) is 4.57 Å². The molecule has 0 N–H and O–H groups in total. The van der Waals surface area contributed by atoms with Gasteiger partial charge in [0.15, 0.2) is 0 Å². The molecule has 0 fully saturated rings. The van der Waals surface area contributed by atoms with Gasteiger partial charge in [-0.2, -0.15) is 0 Å². The minimum absolute atomic E-state index is 0.0417. The molecule has 0 saturated carbocycles. The summed E-state index contributed by atoms with van der Waals surface area (Å²) in [6.45, 7) is 12.6. The summed E-state index contributed by atoms with van der Waals surface area (Å²) in [5, 5.41) is 0. The molecule has 0 atom stereocenters. The third-order valence-corrected chi connectivity index (χ3v) is 3.73. The summed E-state index contributed by atoms with van der Waals surface area (Å²) in [4.78, 5) is 0. The highest BCUT2D eigenvalue weighted by atomic mass is 16.5. The first-order valence-corrected chi connectivity index (χ1v) is 8.69. The summed E-state index contributed by atoms with van der Waals surface area (Å²) in [7, 11) is 8.76. The second-order valence-electron chi connectivity index (χ2n) is 6.52. The molecular weight excluding hydrogens is 302 g/mol. The van der Waals surface area contributed by atoms with Crippen molar-refractivity contribution >= 4 is 0 Å². The van der Waals surface area contributed by atoms with Crippen molar-refractivity contribution in [2.45, 2.75) is 72.0 Å². The Morgan fingerprint density at radius 1 is 0.750 bits per heavy atom. The first-order chi connectivity index (χ1) is 11.1. The average Bonchev–Trinajstić information content (AvgIpc) is 3.03. The number of nitrogens with zero attached hydrogens (tertiary/aromatic N) is 1. The third kappa shape index (κ3) is 19.2. The zero-order chi connectivity index (χ0) is 19.6. The van der Waals surface area contributed by atoms with Gasteiger partial charge in [0.05, 0.1) is 11.2 Å². The van der Waals surface area contributed by atoms with Crippen molar-refractivity contribution < 1.29 is 14.2 Å². The molecule has 0 unspecified atom stereocenters. The monoisotopic (exact) mass is 345 g/mol. The fraction of sp³-hybridized carbons (Fsp3) is 0.800. The summed E-state index contributed by atoms with van der Waals surface area (Å²) >= 11 is 0. The molecule has 1 heterocycles. The van der Waals surface area contributed by atoms with E-state index in [2.05, 4.69) is 25.5 Å². The molecule has 0 spiro atoms. The third-order valence-electron chi connectivity index (χ3n) is 3.73. The molecule has 1 aromatic rings. The van der Waals surface area contributed by atoms with Gasteiger partial charge in [-0.1, -0.05) is 20.8 Å². The van der Waals surface area contributed by atoms with E-state index in [1.54, 1.807) is 28.4 Å². The van der Waals surface area contributed by atoms with Crippen LogP contribution in [0.3, 0.4) is 0 Å². The highest BCUT2D eigenvalue weighted by molar-refractivity contribution is 4.88. The molecule has 0 radical (unpaired) electrons. The maximum atomic E-state index is 5.39. The number of hydrogen-bond acceptors (Lipinski definition) is 3. The largest absolute Gasteiger partial charge is 0.388 e. The maximum absolute atomic E-state index is 5.39. The van der Waals surface area contributed by atoms with Crippen molar-refractivity contribution in [3.63, 3.8) is 0 Å². The van der Waals surface area contributed by atoms with Crippen LogP contribution in [0.25, 0.3) is 0 Å². The molecule has 1 rings (SSSR count). The first kappa shape index (κ1) is 28.0. The van der Waals surface area contributed by atoms with Gasteiger partial charge in [-0.25, -0.2) is 0 Å². The highest BCUT2D eigenvalue weighted by Crippen LogP contribution is 2.22. The number of hydrogen-bond donors (Lipinski definition) is 0. The summed E-state index contributed by atoms with van der Waals surface area (Å²) in [5.41, 5.74) is 0.208. The zero-order valence-corrected chi connectivity index (χ0v) is 18.1. The standard InChI is InChI=1S/C8H18O.C5H7N.C5H12O.C2H6O/c1-5-8(6-2,7-3)9-4;1-6-4-2-3-5-6;1-5(2,3)6-4;1-3-2/h5-7H2,1-4H3;2-5H,1H3;1-4H3;1-2H3. The normalized spacial score (nSPS) is 10.5. The summed E-state index contributed by atoms with van der Waals surface area (Å²) < 4.78 is 16.6. The van der Waals surface area contributed by atoms with E-state index in [0.717, 1.165) is 19.3 Å². The van der Waals surface area contributed by atoms with Crippen LogP contribution in [-0.4, -0.2) is 44.2 Å². The number of rotatable bonds is 4. The molecule has 4 heteroatoms. The predicted molar refractivity (Wildman–Crippen MR) is 106 cm³/mol. The molecule has 0 saturated heterocycles. The Kier molecular flexibility index (Phi) is 19.8. The van der Waals surface area contributed by atoms with Crippen LogP contribution in [0.4, 0.5) is 0 Å². The number of aryl methyl sites for hydroxylation is 1. The topological polar surface area (TPSA) is 32.6 Å². The van der Waals surface area contributed by atoms with Crippen LogP contribution < -0.4 is 0 Å². The fourth-order valence-corrected chi connectivity index (χ4v) is 1.60.